The number of rotatable bonds is 4. The molecule has 2 aliphatic heterocycles. The summed E-state index contributed by atoms with van der Waals surface area (Å²) in [4.78, 5) is 26.6. The second-order valence-corrected chi connectivity index (χ2v) is 6.95. The number of benzene rings is 2. The Labute approximate surface area is 157 Å². The van der Waals surface area contributed by atoms with Crippen molar-refractivity contribution in [3.05, 3.63) is 59.7 Å². The molecule has 4 rings (SSSR count). The van der Waals surface area contributed by atoms with Crippen LogP contribution in [0, 0.1) is 0 Å². The average molecular weight is 367 g/mol. The van der Waals surface area contributed by atoms with Gasteiger partial charge in [0, 0.05) is 30.8 Å². The number of methoxy groups -OCH3 is 1. The van der Waals surface area contributed by atoms with Crippen LogP contribution in [-0.2, 0) is 14.3 Å². The quantitative estimate of drug-likeness (QED) is 0.899. The Morgan fingerprint density at radius 2 is 1.70 bits per heavy atom. The zero-order valence-electron chi connectivity index (χ0n) is 15.0. The smallest absolute Gasteiger partial charge is 0.305 e. The van der Waals surface area contributed by atoms with Crippen molar-refractivity contribution in [2.45, 2.75) is 30.9 Å². The van der Waals surface area contributed by atoms with Gasteiger partial charge in [-0.3, -0.25) is 9.59 Å². The number of carbonyl (C=O) groups excluding carboxylic acids is 1. The maximum absolute atomic E-state index is 13.6. The summed E-state index contributed by atoms with van der Waals surface area (Å²) in [5.41, 5.74) is 1.60. The molecular weight excluding hydrogens is 346 g/mol. The SMILES string of the molecule is COC1CC(CC(=O)O)N(C(=O)C2c3ccccc3Oc3ccccc32)C1. The third-order valence-electron chi connectivity index (χ3n) is 5.33. The number of ether oxygens (including phenoxy) is 2. The fourth-order valence-electron chi connectivity index (χ4n) is 4.05. The third kappa shape index (κ3) is 3.17. The van der Waals surface area contributed by atoms with Crippen LogP contribution >= 0.6 is 0 Å². The lowest BCUT2D eigenvalue weighted by Gasteiger charge is -2.32. The van der Waals surface area contributed by atoms with Gasteiger partial charge in [0.05, 0.1) is 18.4 Å². The van der Waals surface area contributed by atoms with Crippen molar-refractivity contribution >= 4 is 11.9 Å². The molecule has 27 heavy (non-hydrogen) atoms. The van der Waals surface area contributed by atoms with Crippen LogP contribution in [0.3, 0.4) is 0 Å². The molecule has 1 fully saturated rings. The van der Waals surface area contributed by atoms with E-state index in [2.05, 4.69) is 0 Å². The van der Waals surface area contributed by atoms with Gasteiger partial charge in [-0.05, 0) is 18.6 Å². The summed E-state index contributed by atoms with van der Waals surface area (Å²) in [6.45, 7) is 0.398. The van der Waals surface area contributed by atoms with E-state index < -0.39 is 11.9 Å². The number of para-hydroxylation sites is 2. The van der Waals surface area contributed by atoms with Gasteiger partial charge in [0.25, 0.3) is 0 Å². The van der Waals surface area contributed by atoms with Gasteiger partial charge in [-0.15, -0.1) is 0 Å². The van der Waals surface area contributed by atoms with Crippen molar-refractivity contribution in [2.75, 3.05) is 13.7 Å². The van der Waals surface area contributed by atoms with Crippen LogP contribution in [0.15, 0.2) is 48.5 Å². The second-order valence-electron chi connectivity index (χ2n) is 6.95. The zero-order valence-corrected chi connectivity index (χ0v) is 15.0. The van der Waals surface area contributed by atoms with Gasteiger partial charge in [-0.2, -0.15) is 0 Å². The van der Waals surface area contributed by atoms with E-state index in [9.17, 15) is 14.7 Å². The first kappa shape index (κ1) is 17.5. The molecule has 2 aliphatic rings. The standard InChI is InChI=1S/C21H21NO5/c1-26-14-10-13(11-19(23)24)22(12-14)21(25)20-15-6-2-4-8-17(15)27-18-9-5-3-7-16(18)20/h2-9,13-14,20H,10-12H2,1H3,(H,23,24). The Hall–Kier alpha value is -2.86. The monoisotopic (exact) mass is 367 g/mol. The topological polar surface area (TPSA) is 76.1 Å². The molecule has 1 amide bonds. The number of nitrogens with zero attached hydrogens (tertiary/aromatic N) is 1. The molecule has 1 N–H and O–H groups in total. The summed E-state index contributed by atoms with van der Waals surface area (Å²) >= 11 is 0. The number of carbonyl (C=O) groups is 2. The second kappa shape index (κ2) is 7.04. The highest BCUT2D eigenvalue weighted by molar-refractivity contribution is 5.90. The number of carboxylic acid groups (broad SMARTS) is 1. The molecule has 2 aromatic rings. The molecule has 2 heterocycles. The molecule has 2 unspecified atom stereocenters. The highest BCUT2D eigenvalue weighted by Crippen LogP contribution is 2.45. The Kier molecular flexibility index (Phi) is 4.58. The van der Waals surface area contributed by atoms with Crippen molar-refractivity contribution < 1.29 is 24.2 Å². The van der Waals surface area contributed by atoms with E-state index in [1.807, 2.05) is 48.5 Å². The molecular formula is C21H21NO5. The summed E-state index contributed by atoms with van der Waals surface area (Å²) < 4.78 is 11.4. The van der Waals surface area contributed by atoms with Crippen LogP contribution in [0.4, 0.5) is 0 Å². The Morgan fingerprint density at radius 1 is 1.11 bits per heavy atom. The predicted molar refractivity (Wildman–Crippen MR) is 98.0 cm³/mol. The molecule has 0 bridgehead atoms. The van der Waals surface area contributed by atoms with E-state index in [0.717, 1.165) is 11.1 Å². The minimum atomic E-state index is -0.915. The number of hydrogen-bond donors (Lipinski definition) is 1. The van der Waals surface area contributed by atoms with Crippen LogP contribution in [0.5, 0.6) is 11.5 Å². The molecule has 6 nitrogen and oxygen atoms in total. The van der Waals surface area contributed by atoms with Gasteiger partial charge < -0.3 is 19.5 Å². The van der Waals surface area contributed by atoms with Gasteiger partial charge in [0.1, 0.15) is 11.5 Å². The fourth-order valence-corrected chi connectivity index (χ4v) is 4.05. The lowest BCUT2D eigenvalue weighted by atomic mass is 9.86. The van der Waals surface area contributed by atoms with Crippen LogP contribution < -0.4 is 4.74 Å². The van der Waals surface area contributed by atoms with Crippen molar-refractivity contribution in [3.8, 4) is 11.5 Å². The lowest BCUT2D eigenvalue weighted by Crippen LogP contribution is -2.41. The van der Waals surface area contributed by atoms with Crippen LogP contribution in [-0.4, -0.2) is 47.7 Å². The normalized spacial score (nSPS) is 21.3. The van der Waals surface area contributed by atoms with Gasteiger partial charge in [0.15, 0.2) is 0 Å². The Bertz CT molecular complexity index is 835. The maximum atomic E-state index is 13.6. The predicted octanol–water partition coefficient (Wildman–Crippen LogP) is 3.01. The van der Waals surface area contributed by atoms with Crippen LogP contribution in [0.25, 0.3) is 0 Å². The van der Waals surface area contributed by atoms with Crippen molar-refractivity contribution in [1.82, 2.24) is 4.90 Å². The molecule has 0 radical (unpaired) electrons. The number of carboxylic acids is 1. The Morgan fingerprint density at radius 3 is 2.26 bits per heavy atom. The summed E-state index contributed by atoms with van der Waals surface area (Å²) in [6, 6.07) is 14.6. The van der Waals surface area contributed by atoms with Gasteiger partial charge in [-0.1, -0.05) is 36.4 Å². The molecule has 2 atom stereocenters. The van der Waals surface area contributed by atoms with Crippen molar-refractivity contribution in [3.63, 3.8) is 0 Å². The molecule has 0 saturated carbocycles. The van der Waals surface area contributed by atoms with E-state index in [4.69, 9.17) is 9.47 Å². The van der Waals surface area contributed by atoms with Crippen LogP contribution in [0.1, 0.15) is 29.9 Å². The zero-order chi connectivity index (χ0) is 19.0. The summed E-state index contributed by atoms with van der Waals surface area (Å²) in [5.74, 6) is -0.219. The number of likely N-dealkylation sites (tertiary alicyclic amines) is 1. The molecule has 140 valence electrons. The van der Waals surface area contributed by atoms with Gasteiger partial charge in [0.2, 0.25) is 5.91 Å². The third-order valence-corrected chi connectivity index (χ3v) is 5.33. The van der Waals surface area contributed by atoms with E-state index in [1.165, 1.54) is 0 Å². The number of fused-ring (bicyclic) bond motifs is 2. The minimum absolute atomic E-state index is 0.0852. The Balaban J connectivity index is 1.74. The number of aliphatic carboxylic acids is 1. The molecule has 6 heteroatoms. The van der Waals surface area contributed by atoms with Gasteiger partial charge in [-0.25, -0.2) is 0 Å². The summed E-state index contributed by atoms with van der Waals surface area (Å²) in [6.07, 6.45) is 0.294. The number of hydrogen-bond acceptors (Lipinski definition) is 4. The van der Waals surface area contributed by atoms with E-state index in [0.29, 0.717) is 24.5 Å². The van der Waals surface area contributed by atoms with E-state index in [1.54, 1.807) is 12.0 Å². The summed E-state index contributed by atoms with van der Waals surface area (Å²) in [5, 5.41) is 9.26. The largest absolute Gasteiger partial charge is 0.481 e. The average Bonchev–Trinajstić information content (AvgIpc) is 3.07. The first-order chi connectivity index (χ1) is 13.1. The van der Waals surface area contributed by atoms with E-state index >= 15 is 0 Å². The molecule has 0 aliphatic carbocycles. The fraction of sp³-hybridized carbons (Fsp3) is 0.333. The first-order valence-electron chi connectivity index (χ1n) is 8.99. The first-order valence-corrected chi connectivity index (χ1v) is 8.99. The molecule has 0 spiro atoms. The lowest BCUT2D eigenvalue weighted by molar-refractivity contribution is -0.140. The van der Waals surface area contributed by atoms with Crippen molar-refractivity contribution in [2.24, 2.45) is 0 Å². The highest BCUT2D eigenvalue weighted by atomic mass is 16.5. The number of amides is 1. The van der Waals surface area contributed by atoms with E-state index in [-0.39, 0.29) is 24.5 Å². The summed E-state index contributed by atoms with van der Waals surface area (Å²) in [7, 11) is 1.59. The molecule has 2 aromatic carbocycles. The molecule has 1 saturated heterocycles. The van der Waals surface area contributed by atoms with Gasteiger partial charge >= 0.3 is 5.97 Å². The molecule has 0 aromatic heterocycles. The van der Waals surface area contributed by atoms with Crippen LogP contribution in [0.2, 0.25) is 0 Å². The highest BCUT2D eigenvalue weighted by Gasteiger charge is 2.42. The van der Waals surface area contributed by atoms with Crippen molar-refractivity contribution in [1.29, 1.82) is 0 Å². The minimum Gasteiger partial charge on any atom is -0.481 e. The maximum Gasteiger partial charge on any atom is 0.305 e.